The molecule has 0 saturated heterocycles. The summed E-state index contributed by atoms with van der Waals surface area (Å²) in [7, 11) is 0. The molecule has 0 spiro atoms. The Morgan fingerprint density at radius 2 is 2.00 bits per heavy atom. The number of hydrogen-bond donors (Lipinski definition) is 0. The van der Waals surface area contributed by atoms with Gasteiger partial charge in [0, 0.05) is 5.88 Å². The summed E-state index contributed by atoms with van der Waals surface area (Å²) in [4.78, 5) is 0. The first kappa shape index (κ1) is 8.35. The minimum atomic E-state index is 0.242. The zero-order valence-electron chi connectivity index (χ0n) is 4.07. The fourth-order valence-electron chi connectivity index (χ4n) is 0.192. The van der Waals surface area contributed by atoms with Crippen molar-refractivity contribution in [3.63, 3.8) is 0 Å². The van der Waals surface area contributed by atoms with Crippen molar-refractivity contribution in [2.24, 2.45) is 0 Å². The van der Waals surface area contributed by atoms with E-state index in [1.165, 1.54) is 0 Å². The first-order chi connectivity index (χ1) is 3.77. The fraction of sp³-hybridized carbons (Fsp3) is 0.200. The van der Waals surface area contributed by atoms with Crippen molar-refractivity contribution in [1.29, 1.82) is 0 Å². The summed E-state index contributed by atoms with van der Waals surface area (Å²) in [6.07, 6.45) is 5.00. The SMILES string of the molecule is ClCC=CC=C(Cl)Cl. The van der Waals surface area contributed by atoms with E-state index in [4.69, 9.17) is 34.8 Å². The number of alkyl halides is 1. The molecule has 0 saturated carbocycles. The van der Waals surface area contributed by atoms with Crippen LogP contribution in [0.1, 0.15) is 0 Å². The highest BCUT2D eigenvalue weighted by atomic mass is 35.5. The van der Waals surface area contributed by atoms with E-state index < -0.39 is 0 Å². The second kappa shape index (κ2) is 5.49. The Bertz CT molecular complexity index is 100. The van der Waals surface area contributed by atoms with Gasteiger partial charge in [-0.2, -0.15) is 0 Å². The van der Waals surface area contributed by atoms with Crippen LogP contribution in [0.4, 0.5) is 0 Å². The molecule has 0 fully saturated rings. The molecule has 46 valence electrons. The molecule has 0 unspecified atom stereocenters. The summed E-state index contributed by atoms with van der Waals surface area (Å²) >= 11 is 15.8. The molecule has 0 aromatic carbocycles. The van der Waals surface area contributed by atoms with Gasteiger partial charge in [-0.3, -0.25) is 0 Å². The first-order valence-electron chi connectivity index (χ1n) is 2.01. The number of halogens is 3. The monoisotopic (exact) mass is 170 g/mol. The summed E-state index contributed by atoms with van der Waals surface area (Å²) < 4.78 is 0.242. The van der Waals surface area contributed by atoms with Crippen molar-refractivity contribution in [3.8, 4) is 0 Å². The molecule has 0 radical (unpaired) electrons. The normalized spacial score (nSPS) is 9.88. The Kier molecular flexibility index (Phi) is 5.73. The summed E-state index contributed by atoms with van der Waals surface area (Å²) in [5.41, 5.74) is 0. The Morgan fingerprint density at radius 1 is 1.38 bits per heavy atom. The molecule has 0 heterocycles. The summed E-state index contributed by atoms with van der Waals surface area (Å²) in [5.74, 6) is 0.484. The molecule has 8 heavy (non-hydrogen) atoms. The number of hydrogen-bond acceptors (Lipinski definition) is 0. The zero-order chi connectivity index (χ0) is 6.41. The van der Waals surface area contributed by atoms with Gasteiger partial charge in [0.05, 0.1) is 0 Å². The Labute approximate surface area is 63.7 Å². The van der Waals surface area contributed by atoms with Crippen molar-refractivity contribution < 1.29 is 0 Å². The van der Waals surface area contributed by atoms with E-state index in [1.54, 1.807) is 18.2 Å². The van der Waals surface area contributed by atoms with Gasteiger partial charge in [0.1, 0.15) is 4.49 Å². The maximum atomic E-state index is 5.28. The predicted molar refractivity (Wildman–Crippen MR) is 39.6 cm³/mol. The van der Waals surface area contributed by atoms with Gasteiger partial charge in [0.15, 0.2) is 0 Å². The predicted octanol–water partition coefficient (Wildman–Crippen LogP) is 3.10. The van der Waals surface area contributed by atoms with E-state index in [1.807, 2.05) is 0 Å². The lowest BCUT2D eigenvalue weighted by Gasteiger charge is -1.74. The molecule has 0 N–H and O–H groups in total. The average molecular weight is 171 g/mol. The largest absolute Gasteiger partial charge is 0.122 e. The molecular formula is C5H5Cl3. The standard InChI is InChI=1S/C5H5Cl3/c6-4-2-1-3-5(7)8/h1-3H,4H2. The Balaban J connectivity index is 3.42. The average Bonchev–Trinajstić information content (AvgIpc) is 1.66. The summed E-state index contributed by atoms with van der Waals surface area (Å²) in [6, 6.07) is 0. The second-order valence-corrected chi connectivity index (χ2v) is 2.36. The lowest BCUT2D eigenvalue weighted by molar-refractivity contribution is 1.74. The molecule has 0 amide bonds. The van der Waals surface area contributed by atoms with Crippen molar-refractivity contribution >= 4 is 34.8 Å². The highest BCUT2D eigenvalue weighted by Crippen LogP contribution is 2.05. The van der Waals surface area contributed by atoms with Crippen LogP contribution in [-0.2, 0) is 0 Å². The minimum absolute atomic E-state index is 0.242. The van der Waals surface area contributed by atoms with Crippen LogP contribution < -0.4 is 0 Å². The molecule has 0 aromatic rings. The number of rotatable bonds is 2. The maximum absolute atomic E-state index is 5.28. The van der Waals surface area contributed by atoms with Gasteiger partial charge in [0.2, 0.25) is 0 Å². The van der Waals surface area contributed by atoms with E-state index >= 15 is 0 Å². The van der Waals surface area contributed by atoms with Crippen LogP contribution in [0.15, 0.2) is 22.7 Å². The molecule has 0 nitrogen and oxygen atoms in total. The van der Waals surface area contributed by atoms with Crippen LogP contribution >= 0.6 is 34.8 Å². The van der Waals surface area contributed by atoms with Crippen molar-refractivity contribution in [1.82, 2.24) is 0 Å². The van der Waals surface area contributed by atoms with E-state index in [0.29, 0.717) is 5.88 Å². The van der Waals surface area contributed by atoms with Crippen molar-refractivity contribution in [2.45, 2.75) is 0 Å². The van der Waals surface area contributed by atoms with Crippen molar-refractivity contribution in [2.75, 3.05) is 5.88 Å². The molecule has 0 bridgehead atoms. The van der Waals surface area contributed by atoms with Crippen LogP contribution in [0.3, 0.4) is 0 Å². The lowest BCUT2D eigenvalue weighted by Crippen LogP contribution is -1.56. The molecule has 0 aliphatic heterocycles. The fourth-order valence-corrected chi connectivity index (χ4v) is 0.441. The first-order valence-corrected chi connectivity index (χ1v) is 3.30. The molecule has 3 heteroatoms. The molecular weight excluding hydrogens is 166 g/mol. The third-order valence-corrected chi connectivity index (χ3v) is 0.878. The van der Waals surface area contributed by atoms with Gasteiger partial charge in [0.25, 0.3) is 0 Å². The highest BCUT2D eigenvalue weighted by Gasteiger charge is 1.74. The third-order valence-electron chi connectivity index (χ3n) is 0.447. The van der Waals surface area contributed by atoms with E-state index in [2.05, 4.69) is 0 Å². The van der Waals surface area contributed by atoms with E-state index in [9.17, 15) is 0 Å². The van der Waals surface area contributed by atoms with E-state index in [0.717, 1.165) is 0 Å². The van der Waals surface area contributed by atoms with Crippen LogP contribution in [0, 0.1) is 0 Å². The molecule has 0 aliphatic rings. The van der Waals surface area contributed by atoms with Gasteiger partial charge >= 0.3 is 0 Å². The molecule has 0 aromatic heterocycles. The van der Waals surface area contributed by atoms with Crippen LogP contribution in [0.25, 0.3) is 0 Å². The Morgan fingerprint density at radius 3 is 2.38 bits per heavy atom. The van der Waals surface area contributed by atoms with Gasteiger partial charge in [-0.25, -0.2) is 0 Å². The highest BCUT2D eigenvalue weighted by molar-refractivity contribution is 6.55. The number of allylic oxidation sites excluding steroid dienone is 3. The smallest absolute Gasteiger partial charge is 0.106 e. The van der Waals surface area contributed by atoms with Gasteiger partial charge in [-0.15, -0.1) is 11.6 Å². The molecule has 0 rings (SSSR count). The summed E-state index contributed by atoms with van der Waals surface area (Å²) in [5, 5.41) is 0. The van der Waals surface area contributed by atoms with Crippen LogP contribution in [-0.4, -0.2) is 5.88 Å². The zero-order valence-corrected chi connectivity index (χ0v) is 6.34. The van der Waals surface area contributed by atoms with Crippen molar-refractivity contribution in [3.05, 3.63) is 22.7 Å². The van der Waals surface area contributed by atoms with Gasteiger partial charge in [-0.1, -0.05) is 35.4 Å². The second-order valence-electron chi connectivity index (χ2n) is 1.04. The maximum Gasteiger partial charge on any atom is 0.106 e. The van der Waals surface area contributed by atoms with Gasteiger partial charge < -0.3 is 0 Å². The molecule has 0 atom stereocenters. The molecule has 0 aliphatic carbocycles. The van der Waals surface area contributed by atoms with Crippen LogP contribution in [0.5, 0.6) is 0 Å². The third kappa shape index (κ3) is 6.35. The van der Waals surface area contributed by atoms with Gasteiger partial charge in [-0.05, 0) is 6.08 Å². The van der Waals surface area contributed by atoms with E-state index in [-0.39, 0.29) is 4.49 Å². The quantitative estimate of drug-likeness (QED) is 0.442. The topological polar surface area (TPSA) is 0 Å². The Hall–Kier alpha value is 0.350. The van der Waals surface area contributed by atoms with Crippen LogP contribution in [0.2, 0.25) is 0 Å². The summed E-state index contributed by atoms with van der Waals surface area (Å²) in [6.45, 7) is 0. The minimum Gasteiger partial charge on any atom is -0.122 e. The lowest BCUT2D eigenvalue weighted by atomic mass is 10.5.